The third kappa shape index (κ3) is 3.09. The molecule has 0 spiro atoms. The van der Waals surface area contributed by atoms with Crippen LogP contribution in [0.25, 0.3) is 0 Å². The average molecular weight is 315 g/mol. The van der Waals surface area contributed by atoms with Gasteiger partial charge in [0.1, 0.15) is 10.6 Å². The van der Waals surface area contributed by atoms with Gasteiger partial charge in [0.2, 0.25) is 0 Å². The van der Waals surface area contributed by atoms with Crippen LogP contribution in [0.15, 0.2) is 35.2 Å². The number of sulfonamides is 1. The molecule has 9 heteroatoms. The number of rotatable bonds is 4. The fourth-order valence-electron chi connectivity index (χ4n) is 1.46. The lowest BCUT2D eigenvalue weighted by Gasteiger charge is -2.10. The van der Waals surface area contributed by atoms with Gasteiger partial charge in [0.15, 0.2) is 11.0 Å². The Kier molecular flexibility index (Phi) is 3.96. The largest absolute Gasteiger partial charge is 0.497 e. The van der Waals surface area contributed by atoms with E-state index < -0.39 is 10.0 Å². The SMILES string of the molecule is COc1ccc(S(=O)(=O)Nc2ccc(Cl)nn2)c(N)c1. The summed E-state index contributed by atoms with van der Waals surface area (Å²) in [6.07, 6.45) is 0. The summed E-state index contributed by atoms with van der Waals surface area (Å²) in [7, 11) is -2.40. The Balaban J connectivity index is 2.33. The van der Waals surface area contributed by atoms with Crippen LogP contribution < -0.4 is 15.2 Å². The predicted molar refractivity (Wildman–Crippen MR) is 75.3 cm³/mol. The van der Waals surface area contributed by atoms with Crippen LogP contribution in [-0.2, 0) is 10.0 Å². The van der Waals surface area contributed by atoms with E-state index in [-0.39, 0.29) is 21.6 Å². The van der Waals surface area contributed by atoms with Crippen molar-refractivity contribution in [1.29, 1.82) is 0 Å². The minimum atomic E-state index is -3.86. The number of benzene rings is 1. The molecule has 0 bridgehead atoms. The topological polar surface area (TPSA) is 107 Å². The zero-order valence-corrected chi connectivity index (χ0v) is 11.9. The Labute approximate surface area is 120 Å². The molecule has 0 aliphatic heterocycles. The second-order valence-corrected chi connectivity index (χ2v) is 5.79. The van der Waals surface area contributed by atoms with Crippen LogP contribution in [0.5, 0.6) is 5.75 Å². The van der Waals surface area contributed by atoms with Crippen LogP contribution in [-0.4, -0.2) is 25.7 Å². The molecule has 1 aromatic heterocycles. The van der Waals surface area contributed by atoms with Gasteiger partial charge in [0, 0.05) is 6.07 Å². The Bertz CT molecular complexity index is 719. The first kappa shape index (κ1) is 14.4. The van der Waals surface area contributed by atoms with Crippen molar-refractivity contribution in [3.63, 3.8) is 0 Å². The van der Waals surface area contributed by atoms with Gasteiger partial charge in [-0.25, -0.2) is 8.42 Å². The van der Waals surface area contributed by atoms with E-state index in [4.69, 9.17) is 22.1 Å². The monoisotopic (exact) mass is 314 g/mol. The molecule has 0 atom stereocenters. The number of nitrogens with two attached hydrogens (primary N) is 1. The third-order valence-corrected chi connectivity index (χ3v) is 4.01. The van der Waals surface area contributed by atoms with Gasteiger partial charge < -0.3 is 10.5 Å². The Morgan fingerprint density at radius 3 is 2.55 bits per heavy atom. The van der Waals surface area contributed by atoms with E-state index >= 15 is 0 Å². The fourth-order valence-corrected chi connectivity index (χ4v) is 2.67. The molecular formula is C11H11ClN4O3S. The quantitative estimate of drug-likeness (QED) is 0.828. The summed E-state index contributed by atoms with van der Waals surface area (Å²) in [6.45, 7) is 0. The van der Waals surface area contributed by atoms with Gasteiger partial charge >= 0.3 is 0 Å². The van der Waals surface area contributed by atoms with Gasteiger partial charge in [-0.05, 0) is 24.3 Å². The molecule has 1 heterocycles. The van der Waals surface area contributed by atoms with E-state index in [9.17, 15) is 8.42 Å². The first-order chi connectivity index (χ1) is 9.42. The summed E-state index contributed by atoms with van der Waals surface area (Å²) in [5.41, 5.74) is 5.77. The van der Waals surface area contributed by atoms with Crippen LogP contribution in [0, 0.1) is 0 Å². The molecule has 7 nitrogen and oxygen atoms in total. The minimum Gasteiger partial charge on any atom is -0.497 e. The number of halogens is 1. The third-order valence-electron chi connectivity index (χ3n) is 2.38. The zero-order chi connectivity index (χ0) is 14.8. The maximum Gasteiger partial charge on any atom is 0.265 e. The second kappa shape index (κ2) is 5.51. The van der Waals surface area contributed by atoms with Gasteiger partial charge in [-0.15, -0.1) is 10.2 Å². The molecule has 20 heavy (non-hydrogen) atoms. The van der Waals surface area contributed by atoms with Gasteiger partial charge in [0.25, 0.3) is 10.0 Å². The first-order valence-corrected chi connectivity index (χ1v) is 7.24. The van der Waals surface area contributed by atoms with Crippen molar-refractivity contribution in [1.82, 2.24) is 10.2 Å². The van der Waals surface area contributed by atoms with Gasteiger partial charge in [0.05, 0.1) is 12.8 Å². The van der Waals surface area contributed by atoms with E-state index in [2.05, 4.69) is 14.9 Å². The van der Waals surface area contributed by atoms with E-state index in [1.807, 2.05) is 0 Å². The normalized spacial score (nSPS) is 11.1. The van der Waals surface area contributed by atoms with Crippen LogP contribution in [0.3, 0.4) is 0 Å². The van der Waals surface area contributed by atoms with Crippen molar-refractivity contribution < 1.29 is 13.2 Å². The summed E-state index contributed by atoms with van der Waals surface area (Å²) in [6, 6.07) is 7.08. The number of ether oxygens (including phenoxy) is 1. The maximum atomic E-state index is 12.2. The van der Waals surface area contributed by atoms with E-state index in [0.717, 1.165) is 0 Å². The molecule has 0 radical (unpaired) electrons. The number of anilines is 2. The molecule has 0 fully saturated rings. The summed E-state index contributed by atoms with van der Waals surface area (Å²) in [5.74, 6) is 0.511. The summed E-state index contributed by atoms with van der Waals surface area (Å²) >= 11 is 5.57. The predicted octanol–water partition coefficient (Wildman–Crippen LogP) is 1.52. The molecule has 0 unspecified atom stereocenters. The van der Waals surface area contributed by atoms with Crippen molar-refractivity contribution in [2.45, 2.75) is 4.90 Å². The molecule has 0 saturated carbocycles. The number of hydrogen-bond acceptors (Lipinski definition) is 6. The molecule has 1 aromatic carbocycles. The van der Waals surface area contributed by atoms with E-state index in [0.29, 0.717) is 5.75 Å². The number of nitrogens with zero attached hydrogens (tertiary/aromatic N) is 2. The molecule has 0 aliphatic rings. The number of nitrogen functional groups attached to an aromatic ring is 1. The maximum absolute atomic E-state index is 12.2. The highest BCUT2D eigenvalue weighted by Crippen LogP contribution is 2.25. The van der Waals surface area contributed by atoms with Crippen LogP contribution in [0.1, 0.15) is 0 Å². The Morgan fingerprint density at radius 1 is 1.25 bits per heavy atom. The summed E-state index contributed by atoms with van der Waals surface area (Å²) < 4.78 is 31.6. The number of aromatic nitrogens is 2. The van der Waals surface area contributed by atoms with Crippen molar-refractivity contribution in [2.24, 2.45) is 0 Å². The lowest BCUT2D eigenvalue weighted by atomic mass is 10.3. The Hall–Kier alpha value is -2.06. The van der Waals surface area contributed by atoms with E-state index in [1.165, 1.54) is 37.4 Å². The molecule has 2 aromatic rings. The van der Waals surface area contributed by atoms with Crippen LogP contribution in [0.4, 0.5) is 11.5 Å². The second-order valence-electron chi connectivity index (χ2n) is 3.75. The average Bonchev–Trinajstić information content (AvgIpc) is 2.40. The molecule has 3 N–H and O–H groups in total. The lowest BCUT2D eigenvalue weighted by Crippen LogP contribution is -2.16. The number of nitrogens with one attached hydrogen (secondary N) is 1. The first-order valence-electron chi connectivity index (χ1n) is 5.38. The van der Waals surface area contributed by atoms with Gasteiger partial charge in [-0.3, -0.25) is 4.72 Å². The molecule has 0 saturated heterocycles. The van der Waals surface area contributed by atoms with Gasteiger partial charge in [-0.2, -0.15) is 0 Å². The van der Waals surface area contributed by atoms with Crippen LogP contribution in [0.2, 0.25) is 5.15 Å². The molecule has 0 amide bonds. The van der Waals surface area contributed by atoms with Crippen molar-refractivity contribution >= 4 is 33.1 Å². The summed E-state index contributed by atoms with van der Waals surface area (Å²) in [4.78, 5) is -0.0740. The number of hydrogen-bond donors (Lipinski definition) is 2. The fraction of sp³-hybridized carbons (Fsp3) is 0.0909. The standard InChI is InChI=1S/C11H11ClN4O3S/c1-19-7-2-3-9(8(13)6-7)20(17,18)16-11-5-4-10(12)14-15-11/h2-6H,13H2,1H3,(H,15,16). The smallest absolute Gasteiger partial charge is 0.265 e. The Morgan fingerprint density at radius 2 is 2.00 bits per heavy atom. The molecular weight excluding hydrogens is 304 g/mol. The lowest BCUT2D eigenvalue weighted by molar-refractivity contribution is 0.414. The summed E-state index contributed by atoms with van der Waals surface area (Å²) in [5, 5.41) is 7.32. The molecule has 2 rings (SSSR count). The number of methoxy groups -OCH3 is 1. The van der Waals surface area contributed by atoms with Crippen molar-refractivity contribution in [3.8, 4) is 5.75 Å². The molecule has 0 aliphatic carbocycles. The minimum absolute atomic E-state index is 0.0459. The highest BCUT2D eigenvalue weighted by Gasteiger charge is 2.18. The van der Waals surface area contributed by atoms with E-state index in [1.54, 1.807) is 0 Å². The highest BCUT2D eigenvalue weighted by atomic mass is 35.5. The molecule has 106 valence electrons. The van der Waals surface area contributed by atoms with Gasteiger partial charge in [-0.1, -0.05) is 11.6 Å². The van der Waals surface area contributed by atoms with Crippen LogP contribution >= 0.6 is 11.6 Å². The zero-order valence-electron chi connectivity index (χ0n) is 10.4. The highest BCUT2D eigenvalue weighted by molar-refractivity contribution is 7.92. The van der Waals surface area contributed by atoms with Crippen molar-refractivity contribution in [2.75, 3.05) is 17.6 Å². The van der Waals surface area contributed by atoms with Crippen molar-refractivity contribution in [3.05, 3.63) is 35.5 Å².